The molecule has 2 aromatic heterocycles. The molecule has 0 unspecified atom stereocenters. The van der Waals surface area contributed by atoms with Gasteiger partial charge in [-0.25, -0.2) is 0 Å². The normalized spacial score (nSPS) is 11.7. The number of aromatic amines is 1. The smallest absolute Gasteiger partial charge is 0.247 e. The largest absolute Gasteiger partial charge is 0.353 e. The lowest BCUT2D eigenvalue weighted by molar-refractivity contribution is -0.128. The molecule has 4 rings (SSSR count). The third-order valence-corrected chi connectivity index (χ3v) is 4.91. The number of nitrogens with one attached hydrogen (secondary N) is 1. The fourth-order valence-corrected chi connectivity index (χ4v) is 3.40. The van der Waals surface area contributed by atoms with Crippen LogP contribution in [0.4, 0.5) is 0 Å². The molecule has 4 heteroatoms. The van der Waals surface area contributed by atoms with Crippen molar-refractivity contribution in [2.24, 2.45) is 0 Å². The maximum Gasteiger partial charge on any atom is 0.247 e. The van der Waals surface area contributed by atoms with Crippen LogP contribution < -0.4 is 0 Å². The number of rotatable bonds is 5. The number of hydrogen-bond donors (Lipinski definition) is 1. The molecule has 0 saturated carbocycles. The molecule has 0 bridgehead atoms. The van der Waals surface area contributed by atoms with Crippen molar-refractivity contribution in [3.8, 4) is 0 Å². The third kappa shape index (κ3) is 3.67. The van der Waals surface area contributed by atoms with Gasteiger partial charge in [0.25, 0.3) is 0 Å². The molecule has 4 nitrogen and oxygen atoms in total. The predicted octanol–water partition coefficient (Wildman–Crippen LogP) is 5.17. The predicted molar refractivity (Wildman–Crippen MR) is 115 cm³/mol. The summed E-state index contributed by atoms with van der Waals surface area (Å²) in [5, 5.41) is 2.27. The Labute approximate surface area is 164 Å². The van der Waals surface area contributed by atoms with Gasteiger partial charge < -0.3 is 9.88 Å². The molecule has 4 aromatic rings. The van der Waals surface area contributed by atoms with Crippen molar-refractivity contribution >= 4 is 33.8 Å². The lowest BCUT2D eigenvalue weighted by Crippen LogP contribution is -2.35. The SMILES string of the molecule is CC(C)N(Cc1ccccc1)C(=O)/C=C/c1cc2c(cn1)[nH]c1ccccc12. The van der Waals surface area contributed by atoms with E-state index in [1.54, 1.807) is 12.2 Å². The summed E-state index contributed by atoms with van der Waals surface area (Å²) >= 11 is 0. The Bertz CT molecular complexity index is 1140. The van der Waals surface area contributed by atoms with Crippen molar-refractivity contribution in [1.29, 1.82) is 0 Å². The first-order valence-electron chi connectivity index (χ1n) is 9.51. The van der Waals surface area contributed by atoms with Crippen LogP contribution in [0.3, 0.4) is 0 Å². The van der Waals surface area contributed by atoms with Crippen molar-refractivity contribution in [3.05, 3.63) is 84.2 Å². The number of amides is 1. The molecule has 0 fully saturated rings. The zero-order valence-corrected chi connectivity index (χ0v) is 16.1. The molecule has 2 aromatic carbocycles. The van der Waals surface area contributed by atoms with Gasteiger partial charge in [-0.15, -0.1) is 0 Å². The fourth-order valence-electron chi connectivity index (χ4n) is 3.40. The fraction of sp³-hybridized carbons (Fsp3) is 0.167. The number of hydrogen-bond acceptors (Lipinski definition) is 2. The molecule has 0 aliphatic heterocycles. The minimum absolute atomic E-state index is 0.0142. The van der Waals surface area contributed by atoms with Gasteiger partial charge in [0.2, 0.25) is 5.91 Å². The summed E-state index contributed by atoms with van der Waals surface area (Å²) in [5.74, 6) is -0.0142. The van der Waals surface area contributed by atoms with Gasteiger partial charge in [0.1, 0.15) is 0 Å². The zero-order chi connectivity index (χ0) is 19.5. The van der Waals surface area contributed by atoms with E-state index in [9.17, 15) is 4.79 Å². The highest BCUT2D eigenvalue weighted by Gasteiger charge is 2.15. The third-order valence-electron chi connectivity index (χ3n) is 4.91. The highest BCUT2D eigenvalue weighted by Crippen LogP contribution is 2.25. The van der Waals surface area contributed by atoms with E-state index < -0.39 is 0 Å². The molecule has 0 atom stereocenters. The zero-order valence-electron chi connectivity index (χ0n) is 16.1. The first-order valence-corrected chi connectivity index (χ1v) is 9.51. The Morgan fingerprint density at radius 1 is 1.04 bits per heavy atom. The van der Waals surface area contributed by atoms with E-state index in [0.717, 1.165) is 33.1 Å². The molecule has 1 N–H and O–H groups in total. The Balaban J connectivity index is 1.58. The Hall–Kier alpha value is -3.40. The maximum atomic E-state index is 12.8. The quantitative estimate of drug-likeness (QED) is 0.494. The first kappa shape index (κ1) is 18.0. The number of para-hydroxylation sites is 1. The second-order valence-electron chi connectivity index (χ2n) is 7.20. The molecule has 0 saturated heterocycles. The molecule has 140 valence electrons. The molecule has 1 amide bonds. The number of carbonyl (C=O) groups excluding carboxylic acids is 1. The summed E-state index contributed by atoms with van der Waals surface area (Å²) in [5.41, 5.74) is 3.98. The van der Waals surface area contributed by atoms with Gasteiger partial charge in [-0.2, -0.15) is 0 Å². The van der Waals surface area contributed by atoms with Crippen LogP contribution in [0.1, 0.15) is 25.1 Å². The summed E-state index contributed by atoms with van der Waals surface area (Å²) in [6.07, 6.45) is 5.24. The molecule has 0 radical (unpaired) electrons. The van der Waals surface area contributed by atoms with Crippen LogP contribution in [0.25, 0.3) is 27.9 Å². The summed E-state index contributed by atoms with van der Waals surface area (Å²) < 4.78 is 0. The van der Waals surface area contributed by atoms with Crippen LogP contribution in [-0.2, 0) is 11.3 Å². The Morgan fingerprint density at radius 3 is 2.57 bits per heavy atom. The highest BCUT2D eigenvalue weighted by molar-refractivity contribution is 6.07. The van der Waals surface area contributed by atoms with Crippen molar-refractivity contribution in [1.82, 2.24) is 14.9 Å². The van der Waals surface area contributed by atoms with Gasteiger partial charge in [0.15, 0.2) is 0 Å². The van der Waals surface area contributed by atoms with E-state index in [4.69, 9.17) is 0 Å². The average Bonchev–Trinajstić information content (AvgIpc) is 3.09. The number of pyridine rings is 1. The first-order chi connectivity index (χ1) is 13.6. The van der Waals surface area contributed by atoms with Crippen LogP contribution >= 0.6 is 0 Å². The number of aromatic nitrogens is 2. The molecule has 28 heavy (non-hydrogen) atoms. The van der Waals surface area contributed by atoms with Crippen molar-refractivity contribution in [3.63, 3.8) is 0 Å². The van der Waals surface area contributed by atoms with Crippen molar-refractivity contribution in [2.75, 3.05) is 0 Å². The van der Waals surface area contributed by atoms with Gasteiger partial charge in [-0.3, -0.25) is 9.78 Å². The molecule has 0 aliphatic carbocycles. The van der Waals surface area contributed by atoms with Gasteiger partial charge in [-0.1, -0.05) is 48.5 Å². The monoisotopic (exact) mass is 369 g/mol. The van der Waals surface area contributed by atoms with Crippen molar-refractivity contribution in [2.45, 2.75) is 26.4 Å². The van der Waals surface area contributed by atoms with Gasteiger partial charge in [0, 0.05) is 35.0 Å². The Morgan fingerprint density at radius 2 is 1.79 bits per heavy atom. The van der Waals surface area contributed by atoms with E-state index in [0.29, 0.717) is 6.54 Å². The number of fused-ring (bicyclic) bond motifs is 3. The lowest BCUT2D eigenvalue weighted by atomic mass is 10.1. The molecule has 2 heterocycles. The average molecular weight is 369 g/mol. The van der Waals surface area contributed by atoms with Crippen molar-refractivity contribution < 1.29 is 4.79 Å². The Kier molecular flexibility index (Phi) is 4.94. The molecular formula is C24H23N3O. The van der Waals surface area contributed by atoms with Crippen LogP contribution in [0.5, 0.6) is 0 Å². The number of H-pyrrole nitrogens is 1. The topological polar surface area (TPSA) is 49.0 Å². The summed E-state index contributed by atoms with van der Waals surface area (Å²) in [6.45, 7) is 4.66. The second kappa shape index (κ2) is 7.69. The lowest BCUT2D eigenvalue weighted by Gasteiger charge is -2.25. The minimum Gasteiger partial charge on any atom is -0.353 e. The van der Waals surface area contributed by atoms with E-state index in [2.05, 4.69) is 22.1 Å². The molecule has 0 aliphatic rings. The number of benzene rings is 2. The van der Waals surface area contributed by atoms with Crippen LogP contribution in [0, 0.1) is 0 Å². The highest BCUT2D eigenvalue weighted by atomic mass is 16.2. The molecule has 0 spiro atoms. The second-order valence-corrected chi connectivity index (χ2v) is 7.20. The minimum atomic E-state index is -0.0142. The van der Waals surface area contributed by atoms with Gasteiger partial charge in [0.05, 0.1) is 17.4 Å². The van der Waals surface area contributed by atoms with E-state index in [1.165, 1.54) is 0 Å². The van der Waals surface area contributed by atoms with Crippen LogP contribution in [0.15, 0.2) is 72.9 Å². The van der Waals surface area contributed by atoms with Crippen LogP contribution in [-0.4, -0.2) is 26.8 Å². The summed E-state index contributed by atoms with van der Waals surface area (Å²) in [7, 11) is 0. The van der Waals surface area contributed by atoms with Gasteiger partial charge in [-0.05, 0) is 37.6 Å². The van der Waals surface area contributed by atoms with E-state index in [-0.39, 0.29) is 11.9 Å². The maximum absolute atomic E-state index is 12.8. The summed E-state index contributed by atoms with van der Waals surface area (Å²) in [4.78, 5) is 22.5. The van der Waals surface area contributed by atoms with Gasteiger partial charge >= 0.3 is 0 Å². The number of carbonyl (C=O) groups is 1. The van der Waals surface area contributed by atoms with E-state index >= 15 is 0 Å². The van der Waals surface area contributed by atoms with E-state index in [1.807, 2.05) is 73.5 Å². The standard InChI is InChI=1S/C24H23N3O/c1-17(2)27(16-18-8-4-3-5-9-18)24(28)13-12-19-14-21-20-10-6-7-11-22(20)26-23(21)15-25-19/h3-15,17,26H,16H2,1-2H3/b13-12+. The van der Waals surface area contributed by atoms with Crippen LogP contribution in [0.2, 0.25) is 0 Å². The number of nitrogens with zero attached hydrogens (tertiary/aromatic N) is 2. The molecular weight excluding hydrogens is 346 g/mol. The summed E-state index contributed by atoms with van der Waals surface area (Å²) in [6, 6.07) is 20.4.